The number of nitrogens with one attached hydrogen (secondary N) is 2. The molecule has 0 bridgehead atoms. The van der Waals surface area contributed by atoms with Gasteiger partial charge in [0.25, 0.3) is 5.91 Å². The van der Waals surface area contributed by atoms with Crippen LogP contribution in [0.25, 0.3) is 0 Å². The fourth-order valence-corrected chi connectivity index (χ4v) is 4.21. The van der Waals surface area contributed by atoms with E-state index in [-0.39, 0.29) is 18.6 Å². The number of pyridine rings is 2. The smallest absolute Gasteiger partial charge is 0.415 e. The molecular formula is C21H23N5O4. The third-order valence-corrected chi connectivity index (χ3v) is 5.71. The SMILES string of the molecule is O=C1COc2ccc(N3CC(CCNCC4Cc5ccncc5C4)OC3=O)nc2N1. The fraction of sp³-hybridized carbons (Fsp3) is 0.429. The minimum absolute atomic E-state index is 0.0291. The Morgan fingerprint density at radius 1 is 1.20 bits per heavy atom. The average molecular weight is 409 g/mol. The van der Waals surface area contributed by atoms with Crippen molar-refractivity contribution in [2.75, 3.05) is 36.5 Å². The molecular weight excluding hydrogens is 386 g/mol. The number of cyclic esters (lactones) is 1. The molecule has 3 aliphatic rings. The van der Waals surface area contributed by atoms with Crippen LogP contribution in [-0.2, 0) is 22.4 Å². The predicted octanol–water partition coefficient (Wildman–Crippen LogP) is 1.53. The quantitative estimate of drug-likeness (QED) is 0.697. The summed E-state index contributed by atoms with van der Waals surface area (Å²) in [5, 5.41) is 6.15. The first kappa shape index (κ1) is 18.8. The second-order valence-electron chi connectivity index (χ2n) is 7.88. The molecule has 2 N–H and O–H groups in total. The van der Waals surface area contributed by atoms with Gasteiger partial charge in [-0.25, -0.2) is 9.78 Å². The van der Waals surface area contributed by atoms with Crippen LogP contribution in [-0.4, -0.2) is 54.3 Å². The highest BCUT2D eigenvalue weighted by molar-refractivity contribution is 5.95. The van der Waals surface area contributed by atoms with Crippen LogP contribution in [0.4, 0.5) is 16.4 Å². The summed E-state index contributed by atoms with van der Waals surface area (Å²) in [6.07, 6.45) is 6.08. The van der Waals surface area contributed by atoms with Gasteiger partial charge in [-0.3, -0.25) is 14.7 Å². The van der Waals surface area contributed by atoms with Crippen molar-refractivity contribution in [3.63, 3.8) is 0 Å². The van der Waals surface area contributed by atoms with Gasteiger partial charge in [0.2, 0.25) is 0 Å². The van der Waals surface area contributed by atoms with Crippen LogP contribution < -0.4 is 20.3 Å². The number of ether oxygens (including phenoxy) is 2. The van der Waals surface area contributed by atoms with Crippen LogP contribution >= 0.6 is 0 Å². The van der Waals surface area contributed by atoms with Crippen molar-refractivity contribution in [1.29, 1.82) is 0 Å². The normalized spacial score (nSPS) is 22.2. The zero-order valence-corrected chi connectivity index (χ0v) is 16.5. The van der Waals surface area contributed by atoms with E-state index in [1.165, 1.54) is 16.0 Å². The Bertz CT molecular complexity index is 957. The van der Waals surface area contributed by atoms with Gasteiger partial charge in [0, 0.05) is 12.4 Å². The first-order chi connectivity index (χ1) is 14.7. The van der Waals surface area contributed by atoms with Crippen molar-refractivity contribution in [2.45, 2.75) is 25.4 Å². The number of hydrogen-bond acceptors (Lipinski definition) is 7. The summed E-state index contributed by atoms with van der Waals surface area (Å²) in [5.41, 5.74) is 2.75. The van der Waals surface area contributed by atoms with E-state index in [1.807, 2.05) is 12.4 Å². The van der Waals surface area contributed by atoms with Crippen LogP contribution in [0, 0.1) is 5.92 Å². The van der Waals surface area contributed by atoms with Crippen molar-refractivity contribution >= 4 is 23.6 Å². The fourth-order valence-electron chi connectivity index (χ4n) is 4.21. The minimum Gasteiger partial charge on any atom is -0.480 e. The lowest BCUT2D eigenvalue weighted by molar-refractivity contribution is -0.118. The van der Waals surface area contributed by atoms with E-state index in [2.05, 4.69) is 26.7 Å². The Morgan fingerprint density at radius 3 is 3.00 bits per heavy atom. The molecule has 2 aromatic rings. The number of hydrogen-bond donors (Lipinski definition) is 2. The van der Waals surface area contributed by atoms with E-state index < -0.39 is 6.09 Å². The van der Waals surface area contributed by atoms with E-state index in [4.69, 9.17) is 9.47 Å². The molecule has 1 fully saturated rings. The molecule has 0 aromatic carbocycles. The second-order valence-corrected chi connectivity index (χ2v) is 7.88. The third kappa shape index (κ3) is 3.80. The monoisotopic (exact) mass is 409 g/mol. The summed E-state index contributed by atoms with van der Waals surface area (Å²) in [6, 6.07) is 5.51. The van der Waals surface area contributed by atoms with Gasteiger partial charge in [0.05, 0.1) is 6.54 Å². The number of anilines is 2. The molecule has 2 atom stereocenters. The van der Waals surface area contributed by atoms with Crippen molar-refractivity contribution in [3.8, 4) is 5.75 Å². The molecule has 9 nitrogen and oxygen atoms in total. The molecule has 0 radical (unpaired) electrons. The number of nitrogens with zero attached hydrogens (tertiary/aromatic N) is 3. The van der Waals surface area contributed by atoms with Gasteiger partial charge in [-0.05, 0) is 67.6 Å². The first-order valence-electron chi connectivity index (χ1n) is 10.2. The molecule has 1 aliphatic carbocycles. The number of amides is 2. The highest BCUT2D eigenvalue weighted by Gasteiger charge is 2.33. The van der Waals surface area contributed by atoms with Crippen molar-refractivity contribution < 1.29 is 19.1 Å². The van der Waals surface area contributed by atoms with Crippen LogP contribution in [0.3, 0.4) is 0 Å². The highest BCUT2D eigenvalue weighted by atomic mass is 16.6. The number of fused-ring (bicyclic) bond motifs is 2. The molecule has 4 heterocycles. The molecule has 2 amide bonds. The predicted molar refractivity (Wildman–Crippen MR) is 109 cm³/mol. The van der Waals surface area contributed by atoms with E-state index in [0.29, 0.717) is 29.8 Å². The van der Waals surface area contributed by atoms with Gasteiger partial charge in [-0.2, -0.15) is 0 Å². The van der Waals surface area contributed by atoms with Gasteiger partial charge in [-0.1, -0.05) is 0 Å². The van der Waals surface area contributed by atoms with E-state index in [1.54, 1.807) is 12.1 Å². The Labute approximate surface area is 173 Å². The summed E-state index contributed by atoms with van der Waals surface area (Å²) in [6.45, 7) is 2.11. The lowest BCUT2D eigenvalue weighted by atomic mass is 10.1. The molecule has 2 aromatic heterocycles. The Balaban J connectivity index is 1.10. The average Bonchev–Trinajstić information content (AvgIpc) is 3.33. The molecule has 30 heavy (non-hydrogen) atoms. The van der Waals surface area contributed by atoms with E-state index >= 15 is 0 Å². The van der Waals surface area contributed by atoms with Crippen molar-refractivity contribution in [1.82, 2.24) is 15.3 Å². The highest BCUT2D eigenvalue weighted by Crippen LogP contribution is 2.30. The zero-order chi connectivity index (χ0) is 20.5. The molecule has 2 aliphatic heterocycles. The largest absolute Gasteiger partial charge is 0.480 e. The van der Waals surface area contributed by atoms with E-state index in [0.717, 1.165) is 32.4 Å². The molecule has 156 valence electrons. The summed E-state index contributed by atoms with van der Waals surface area (Å²) < 4.78 is 10.8. The lowest BCUT2D eigenvalue weighted by Crippen LogP contribution is -2.30. The topological polar surface area (TPSA) is 106 Å². The molecule has 0 saturated carbocycles. The number of carbonyl (C=O) groups excluding carboxylic acids is 2. The lowest BCUT2D eigenvalue weighted by Gasteiger charge is -2.19. The summed E-state index contributed by atoms with van der Waals surface area (Å²) >= 11 is 0. The molecule has 1 saturated heterocycles. The Hall–Kier alpha value is -3.20. The standard InChI is InChI=1S/C21H23N5O4/c27-19-12-29-17-1-2-18(24-20(17)25-19)26-11-16(30-21(26)28)4-6-22-9-13-7-14-3-5-23-10-15(14)8-13/h1-3,5,10,13,16,22H,4,6-9,11-12H2,(H,24,25,27). The van der Waals surface area contributed by atoms with Gasteiger partial charge in [0.1, 0.15) is 11.9 Å². The van der Waals surface area contributed by atoms with Gasteiger partial charge >= 0.3 is 6.09 Å². The molecule has 2 unspecified atom stereocenters. The maximum absolute atomic E-state index is 12.3. The molecule has 0 spiro atoms. The van der Waals surface area contributed by atoms with Crippen LogP contribution in [0.15, 0.2) is 30.6 Å². The number of aromatic nitrogens is 2. The maximum Gasteiger partial charge on any atom is 0.415 e. The van der Waals surface area contributed by atoms with Gasteiger partial charge < -0.3 is 20.1 Å². The van der Waals surface area contributed by atoms with Gasteiger partial charge in [-0.15, -0.1) is 0 Å². The molecule has 5 rings (SSSR count). The summed E-state index contributed by atoms with van der Waals surface area (Å²) in [5.74, 6) is 1.59. The number of carbonyl (C=O) groups is 2. The van der Waals surface area contributed by atoms with Crippen LogP contribution in [0.5, 0.6) is 5.75 Å². The van der Waals surface area contributed by atoms with E-state index in [9.17, 15) is 9.59 Å². The van der Waals surface area contributed by atoms with Gasteiger partial charge in [0.15, 0.2) is 18.2 Å². The summed E-state index contributed by atoms with van der Waals surface area (Å²) in [4.78, 5) is 33.8. The Morgan fingerprint density at radius 2 is 2.10 bits per heavy atom. The molecule has 9 heteroatoms. The zero-order valence-electron chi connectivity index (χ0n) is 16.5. The Kier molecular flexibility index (Phi) is 4.96. The summed E-state index contributed by atoms with van der Waals surface area (Å²) in [7, 11) is 0. The number of rotatable bonds is 6. The first-order valence-corrected chi connectivity index (χ1v) is 10.2. The minimum atomic E-state index is -0.422. The van der Waals surface area contributed by atoms with Crippen LogP contribution in [0.1, 0.15) is 17.5 Å². The van der Waals surface area contributed by atoms with Crippen LogP contribution in [0.2, 0.25) is 0 Å². The van der Waals surface area contributed by atoms with Crippen molar-refractivity contribution in [3.05, 3.63) is 41.7 Å². The maximum atomic E-state index is 12.3. The third-order valence-electron chi connectivity index (χ3n) is 5.71. The van der Waals surface area contributed by atoms with Crippen molar-refractivity contribution in [2.24, 2.45) is 5.92 Å². The second kappa shape index (κ2) is 7.91.